The number of esters is 1. The van der Waals surface area contributed by atoms with Crippen molar-refractivity contribution in [2.75, 3.05) is 106 Å². The molecule has 0 saturated carbocycles. The second-order valence-corrected chi connectivity index (χ2v) is 11.2. The fourth-order valence-electron chi connectivity index (χ4n) is 4.79. The van der Waals surface area contributed by atoms with Crippen LogP contribution >= 0.6 is 0 Å². The van der Waals surface area contributed by atoms with E-state index in [1.807, 2.05) is 36.4 Å². The maximum Gasteiger partial charge on any atom is 0.308 e. The van der Waals surface area contributed by atoms with Crippen molar-refractivity contribution in [2.45, 2.75) is 26.1 Å². The molecule has 1 heterocycles. The molecule has 4 rings (SSSR count). The Morgan fingerprint density at radius 2 is 0.960 bits per heavy atom. The fourth-order valence-corrected chi connectivity index (χ4v) is 4.79. The molecule has 0 saturated heterocycles. The Labute approximate surface area is 293 Å². The summed E-state index contributed by atoms with van der Waals surface area (Å²) in [7, 11) is 0. The Hall–Kier alpha value is -3.69. The molecular formula is C37H50O13. The standard InChI is InChI=1S/C37H50O13/c1-29(38)24-37(39)50-28-30-25-31-27-32(26-30)47-21-17-43-13-9-41-11-15-45-19-23-49-36-7-3-5-34-33(36)4-2-6-35(34)48-22-18-44-14-10-40-8-12-42-16-20-46-31/h2-7,25-27,29,38H,8-24,28H2,1H3/t29-/m0/s1. The normalized spacial score (nSPS) is 18.0. The molecule has 0 aromatic heterocycles. The van der Waals surface area contributed by atoms with Gasteiger partial charge in [-0.2, -0.15) is 0 Å². The summed E-state index contributed by atoms with van der Waals surface area (Å²) in [5, 5.41) is 11.4. The monoisotopic (exact) mass is 702 g/mol. The lowest BCUT2D eigenvalue weighted by Gasteiger charge is -2.14. The van der Waals surface area contributed by atoms with Gasteiger partial charge in [-0.15, -0.1) is 0 Å². The van der Waals surface area contributed by atoms with Crippen LogP contribution in [0.4, 0.5) is 0 Å². The number of carbonyl (C=O) groups is 1. The molecule has 13 nitrogen and oxygen atoms in total. The predicted molar refractivity (Wildman–Crippen MR) is 183 cm³/mol. The van der Waals surface area contributed by atoms with Crippen molar-refractivity contribution in [2.24, 2.45) is 0 Å². The van der Waals surface area contributed by atoms with Crippen LogP contribution < -0.4 is 18.9 Å². The van der Waals surface area contributed by atoms with Crippen molar-refractivity contribution in [3.63, 3.8) is 0 Å². The highest BCUT2D eigenvalue weighted by molar-refractivity contribution is 5.93. The summed E-state index contributed by atoms with van der Waals surface area (Å²) in [6.07, 6.45) is -0.865. The van der Waals surface area contributed by atoms with Crippen molar-refractivity contribution >= 4 is 16.7 Å². The highest BCUT2D eigenvalue weighted by Gasteiger charge is 2.11. The molecule has 3 aromatic rings. The minimum atomic E-state index is -0.780. The van der Waals surface area contributed by atoms with Crippen LogP contribution in [0.3, 0.4) is 0 Å². The molecule has 0 aliphatic carbocycles. The van der Waals surface area contributed by atoms with E-state index in [-0.39, 0.29) is 13.0 Å². The summed E-state index contributed by atoms with van der Waals surface area (Å²) in [5.74, 6) is 2.12. The molecule has 0 amide bonds. The summed E-state index contributed by atoms with van der Waals surface area (Å²) >= 11 is 0. The van der Waals surface area contributed by atoms with Gasteiger partial charge < -0.3 is 57.2 Å². The quantitative estimate of drug-likeness (QED) is 0.393. The molecule has 0 fully saturated rings. The number of benzene rings is 3. The van der Waals surface area contributed by atoms with E-state index in [1.54, 1.807) is 18.2 Å². The van der Waals surface area contributed by atoms with Gasteiger partial charge in [0.25, 0.3) is 0 Å². The second-order valence-electron chi connectivity index (χ2n) is 11.2. The van der Waals surface area contributed by atoms with Crippen LogP contribution in [0.2, 0.25) is 0 Å². The summed E-state index contributed by atoms with van der Waals surface area (Å²) in [5.41, 5.74) is 0.682. The molecule has 0 radical (unpaired) electrons. The molecule has 1 aliphatic heterocycles. The highest BCUT2D eigenvalue weighted by Crippen LogP contribution is 2.32. The van der Waals surface area contributed by atoms with E-state index >= 15 is 0 Å². The van der Waals surface area contributed by atoms with Crippen LogP contribution in [-0.2, 0) is 44.6 Å². The van der Waals surface area contributed by atoms with Crippen molar-refractivity contribution in [1.82, 2.24) is 0 Å². The molecule has 3 aromatic carbocycles. The molecule has 0 spiro atoms. The van der Waals surface area contributed by atoms with Gasteiger partial charge in [0.2, 0.25) is 0 Å². The zero-order chi connectivity index (χ0) is 35.1. The first-order chi connectivity index (χ1) is 24.6. The van der Waals surface area contributed by atoms with E-state index in [2.05, 4.69) is 0 Å². The number of aliphatic hydroxyl groups excluding tert-OH is 1. The van der Waals surface area contributed by atoms with Gasteiger partial charge in [-0.05, 0) is 36.8 Å². The maximum absolute atomic E-state index is 12.0. The summed E-state index contributed by atoms with van der Waals surface area (Å²) < 4.78 is 62.9. The molecule has 1 aliphatic rings. The molecule has 1 N–H and O–H groups in total. The van der Waals surface area contributed by atoms with E-state index in [9.17, 15) is 9.90 Å². The third-order valence-electron chi connectivity index (χ3n) is 7.10. The van der Waals surface area contributed by atoms with Crippen LogP contribution in [0, 0.1) is 0 Å². The zero-order valence-electron chi connectivity index (χ0n) is 28.8. The van der Waals surface area contributed by atoms with Gasteiger partial charge in [-0.25, -0.2) is 0 Å². The van der Waals surface area contributed by atoms with E-state index in [0.717, 1.165) is 22.3 Å². The Kier molecular flexibility index (Phi) is 18.5. The van der Waals surface area contributed by atoms with Gasteiger partial charge >= 0.3 is 5.97 Å². The SMILES string of the molecule is C[C@H](O)CC(=O)OCc1cc2cc(c1)OCCOCCOCCOCCOc1cccc3c(cccc13)OCCOCCOCCOCCO2. The molecule has 50 heavy (non-hydrogen) atoms. The number of aliphatic hydroxyl groups is 1. The first-order valence-electron chi connectivity index (χ1n) is 17.1. The lowest BCUT2D eigenvalue weighted by molar-refractivity contribution is -0.146. The Balaban J connectivity index is 1.24. The average molecular weight is 703 g/mol. The Morgan fingerprint density at radius 1 is 0.580 bits per heavy atom. The largest absolute Gasteiger partial charge is 0.491 e. The Bertz CT molecular complexity index is 1300. The zero-order valence-corrected chi connectivity index (χ0v) is 28.8. The summed E-state index contributed by atoms with van der Waals surface area (Å²) in [4.78, 5) is 12.0. The summed E-state index contributed by atoms with van der Waals surface area (Å²) in [6.45, 7) is 7.92. The van der Waals surface area contributed by atoms with Gasteiger partial charge in [0.05, 0.1) is 91.8 Å². The topological polar surface area (TPSA) is 139 Å². The maximum atomic E-state index is 12.0. The lowest BCUT2D eigenvalue weighted by atomic mass is 10.1. The first-order valence-corrected chi connectivity index (χ1v) is 17.1. The van der Waals surface area contributed by atoms with Gasteiger partial charge in [-0.1, -0.05) is 24.3 Å². The lowest BCUT2D eigenvalue weighted by Crippen LogP contribution is -2.15. The number of fused-ring (bicyclic) bond motifs is 2. The van der Waals surface area contributed by atoms with Crippen molar-refractivity contribution in [1.29, 1.82) is 0 Å². The van der Waals surface area contributed by atoms with Gasteiger partial charge in [-0.3, -0.25) is 4.79 Å². The number of carbonyl (C=O) groups excluding carboxylic acids is 1. The average Bonchev–Trinajstić information content (AvgIpc) is 3.10. The Morgan fingerprint density at radius 3 is 1.36 bits per heavy atom. The predicted octanol–water partition coefficient (Wildman–Crippen LogP) is 3.98. The van der Waals surface area contributed by atoms with Gasteiger partial charge in [0, 0.05) is 16.8 Å². The van der Waals surface area contributed by atoms with Crippen LogP contribution in [-0.4, -0.2) is 123 Å². The van der Waals surface area contributed by atoms with Gasteiger partial charge in [0.1, 0.15) is 56.0 Å². The molecule has 1 atom stereocenters. The van der Waals surface area contributed by atoms with Crippen molar-refractivity contribution in [3.05, 3.63) is 60.2 Å². The smallest absolute Gasteiger partial charge is 0.308 e. The third-order valence-corrected chi connectivity index (χ3v) is 7.10. The number of hydrogen-bond acceptors (Lipinski definition) is 13. The number of hydrogen-bond donors (Lipinski definition) is 1. The fraction of sp³-hybridized carbons (Fsp3) is 0.541. The first kappa shape index (κ1) is 39.1. The molecule has 276 valence electrons. The molecule has 6 bridgehead atoms. The summed E-state index contributed by atoms with van der Waals surface area (Å²) in [6, 6.07) is 17.1. The van der Waals surface area contributed by atoms with Crippen LogP contribution in [0.5, 0.6) is 23.0 Å². The van der Waals surface area contributed by atoms with E-state index in [4.69, 9.17) is 52.1 Å². The van der Waals surface area contributed by atoms with E-state index in [1.165, 1.54) is 6.92 Å². The number of ether oxygens (including phenoxy) is 11. The van der Waals surface area contributed by atoms with Gasteiger partial charge in [0.15, 0.2) is 0 Å². The van der Waals surface area contributed by atoms with Crippen LogP contribution in [0.25, 0.3) is 10.8 Å². The highest BCUT2D eigenvalue weighted by atomic mass is 16.6. The van der Waals surface area contributed by atoms with Crippen LogP contribution in [0.15, 0.2) is 54.6 Å². The molecular weight excluding hydrogens is 652 g/mol. The number of rotatable bonds is 4. The second kappa shape index (κ2) is 23.7. The van der Waals surface area contributed by atoms with Crippen molar-refractivity contribution in [3.8, 4) is 23.0 Å². The minimum absolute atomic E-state index is 0.0124. The molecule has 0 unspecified atom stereocenters. The minimum Gasteiger partial charge on any atom is -0.491 e. The van der Waals surface area contributed by atoms with E-state index in [0.29, 0.717) is 123 Å². The van der Waals surface area contributed by atoms with Crippen molar-refractivity contribution < 1.29 is 62.0 Å². The van der Waals surface area contributed by atoms with E-state index < -0.39 is 12.1 Å². The molecule has 13 heteroatoms. The van der Waals surface area contributed by atoms with Crippen LogP contribution in [0.1, 0.15) is 18.9 Å². The third kappa shape index (κ3) is 15.5.